The molecule has 6 nitrogen and oxygen atoms in total. The largest absolute Gasteiger partial charge is 0.383 e. The van der Waals surface area contributed by atoms with Crippen LogP contribution in [-0.4, -0.2) is 36.9 Å². The molecule has 0 unspecified atom stereocenters. The zero-order valence-corrected chi connectivity index (χ0v) is 15.2. The minimum atomic E-state index is -4.00. The van der Waals surface area contributed by atoms with E-state index in [9.17, 15) is 8.42 Å². The predicted octanol–water partition coefficient (Wildman–Crippen LogP) is 2.78. The molecule has 21 heavy (non-hydrogen) atoms. The molecule has 0 aliphatic rings. The number of benzene rings is 1. The quantitative estimate of drug-likeness (QED) is 0.505. The van der Waals surface area contributed by atoms with Gasteiger partial charge in [0.25, 0.3) is 14.2 Å². The van der Waals surface area contributed by atoms with Crippen molar-refractivity contribution in [1.29, 1.82) is 0 Å². The van der Waals surface area contributed by atoms with E-state index in [2.05, 4.69) is 32.8 Å². The van der Waals surface area contributed by atoms with Crippen molar-refractivity contribution in [2.45, 2.75) is 11.7 Å². The van der Waals surface area contributed by atoms with Crippen molar-refractivity contribution < 1.29 is 13.2 Å². The molecule has 0 saturated carbocycles. The van der Waals surface area contributed by atoms with Gasteiger partial charge in [-0.3, -0.25) is 4.57 Å². The predicted molar refractivity (Wildman–Crippen MR) is 88.1 cm³/mol. The SMILES string of the molecule is COCCn1c(-c2ccc(I)c(Cl)c2)nnc1S(=O)(=O)Cl. The number of methoxy groups -OCH3 is 1. The fourth-order valence-electron chi connectivity index (χ4n) is 1.70. The summed E-state index contributed by atoms with van der Waals surface area (Å²) in [4.78, 5) is 0. The maximum Gasteiger partial charge on any atom is 0.296 e. The smallest absolute Gasteiger partial charge is 0.296 e. The molecule has 0 N–H and O–H groups in total. The highest BCUT2D eigenvalue weighted by Crippen LogP contribution is 2.27. The average molecular weight is 462 g/mol. The third kappa shape index (κ3) is 3.86. The molecule has 0 spiro atoms. The van der Waals surface area contributed by atoms with Crippen molar-refractivity contribution in [2.24, 2.45) is 0 Å². The first kappa shape index (κ1) is 16.9. The minimum Gasteiger partial charge on any atom is -0.383 e. The topological polar surface area (TPSA) is 74.1 Å². The zero-order valence-electron chi connectivity index (χ0n) is 10.8. The summed E-state index contributed by atoms with van der Waals surface area (Å²) in [5, 5.41) is 7.80. The van der Waals surface area contributed by atoms with E-state index in [0.29, 0.717) is 23.0 Å². The lowest BCUT2D eigenvalue weighted by atomic mass is 10.2. The van der Waals surface area contributed by atoms with E-state index in [4.69, 9.17) is 27.0 Å². The highest BCUT2D eigenvalue weighted by molar-refractivity contribution is 14.1. The summed E-state index contributed by atoms with van der Waals surface area (Å²) in [6.07, 6.45) is 0. The maximum atomic E-state index is 11.6. The number of rotatable bonds is 5. The van der Waals surface area contributed by atoms with Crippen LogP contribution in [0.4, 0.5) is 0 Å². The Labute approximate surface area is 145 Å². The Morgan fingerprint density at radius 1 is 1.38 bits per heavy atom. The zero-order chi connectivity index (χ0) is 15.6. The van der Waals surface area contributed by atoms with E-state index < -0.39 is 9.05 Å². The van der Waals surface area contributed by atoms with Crippen molar-refractivity contribution in [1.82, 2.24) is 14.8 Å². The summed E-state index contributed by atoms with van der Waals surface area (Å²) >= 11 is 8.18. The molecule has 0 atom stereocenters. The van der Waals surface area contributed by atoms with E-state index in [0.717, 1.165) is 3.57 Å². The molecule has 1 heterocycles. The van der Waals surface area contributed by atoms with Gasteiger partial charge in [0.2, 0.25) is 0 Å². The van der Waals surface area contributed by atoms with E-state index in [1.807, 2.05) is 6.07 Å². The number of hydrogen-bond acceptors (Lipinski definition) is 5. The van der Waals surface area contributed by atoms with Crippen LogP contribution in [0.3, 0.4) is 0 Å². The van der Waals surface area contributed by atoms with Gasteiger partial charge in [-0.2, -0.15) is 0 Å². The first-order chi connectivity index (χ1) is 9.84. The van der Waals surface area contributed by atoms with Gasteiger partial charge in [0.1, 0.15) is 0 Å². The van der Waals surface area contributed by atoms with Gasteiger partial charge in [-0.1, -0.05) is 17.7 Å². The fourth-order valence-corrected chi connectivity index (χ4v) is 3.14. The van der Waals surface area contributed by atoms with Crippen LogP contribution in [0.1, 0.15) is 0 Å². The van der Waals surface area contributed by atoms with Crippen LogP contribution < -0.4 is 0 Å². The highest BCUT2D eigenvalue weighted by Gasteiger charge is 2.23. The van der Waals surface area contributed by atoms with Gasteiger partial charge < -0.3 is 4.74 Å². The normalized spacial score (nSPS) is 11.8. The van der Waals surface area contributed by atoms with Crippen molar-refractivity contribution in [2.75, 3.05) is 13.7 Å². The third-order valence-electron chi connectivity index (χ3n) is 2.63. The standard InChI is InChI=1S/C11H10Cl2IN3O3S/c1-20-5-4-17-10(15-16-11(17)21(13,18)19)7-2-3-9(14)8(12)6-7/h2-3,6H,4-5H2,1H3. The molecule has 0 aliphatic heterocycles. The lowest BCUT2D eigenvalue weighted by Gasteiger charge is -2.09. The Morgan fingerprint density at radius 2 is 2.10 bits per heavy atom. The van der Waals surface area contributed by atoms with Crippen LogP contribution in [-0.2, 0) is 20.3 Å². The van der Waals surface area contributed by atoms with Crippen LogP contribution in [0.2, 0.25) is 5.02 Å². The van der Waals surface area contributed by atoms with E-state index in [1.165, 1.54) is 11.7 Å². The maximum absolute atomic E-state index is 11.6. The molecule has 0 bridgehead atoms. The molecule has 2 rings (SSSR count). The number of halogens is 3. The number of ether oxygens (including phenoxy) is 1. The van der Waals surface area contributed by atoms with Gasteiger partial charge >= 0.3 is 0 Å². The Balaban J connectivity index is 2.57. The summed E-state index contributed by atoms with van der Waals surface area (Å²) in [5.41, 5.74) is 0.649. The first-order valence-corrected chi connectivity index (χ1v) is 9.43. The van der Waals surface area contributed by atoms with Crippen LogP contribution in [0, 0.1) is 3.57 Å². The van der Waals surface area contributed by atoms with E-state index in [1.54, 1.807) is 12.1 Å². The molecular weight excluding hydrogens is 452 g/mol. The van der Waals surface area contributed by atoms with Gasteiger partial charge in [-0.15, -0.1) is 10.2 Å². The fraction of sp³-hybridized carbons (Fsp3) is 0.273. The lowest BCUT2D eigenvalue weighted by Crippen LogP contribution is -2.11. The summed E-state index contributed by atoms with van der Waals surface area (Å²) < 4.78 is 30.4. The van der Waals surface area contributed by atoms with Gasteiger partial charge in [0.15, 0.2) is 5.82 Å². The van der Waals surface area contributed by atoms with Crippen molar-refractivity contribution in [3.05, 3.63) is 26.8 Å². The Kier molecular flexibility index (Phi) is 5.47. The molecule has 10 heteroatoms. The Hall–Kier alpha value is -0.420. The monoisotopic (exact) mass is 461 g/mol. The molecule has 0 radical (unpaired) electrons. The summed E-state index contributed by atoms with van der Waals surface area (Å²) in [5.74, 6) is 0.365. The first-order valence-electron chi connectivity index (χ1n) is 5.67. The molecule has 0 saturated heterocycles. The average Bonchev–Trinajstić information content (AvgIpc) is 2.83. The van der Waals surface area contributed by atoms with Crippen LogP contribution >= 0.6 is 44.9 Å². The van der Waals surface area contributed by atoms with Crippen LogP contribution in [0.5, 0.6) is 0 Å². The van der Waals surface area contributed by atoms with Crippen LogP contribution in [0.15, 0.2) is 23.4 Å². The molecule has 114 valence electrons. The van der Waals surface area contributed by atoms with Gasteiger partial charge in [0, 0.05) is 26.9 Å². The van der Waals surface area contributed by atoms with Gasteiger partial charge in [-0.25, -0.2) is 8.42 Å². The molecule has 0 fully saturated rings. The molecule has 0 aliphatic carbocycles. The number of nitrogens with zero attached hydrogens (tertiary/aromatic N) is 3. The summed E-state index contributed by atoms with van der Waals surface area (Å²) in [7, 11) is 2.90. The molecule has 1 aromatic heterocycles. The molecular formula is C11H10Cl2IN3O3S. The van der Waals surface area contributed by atoms with Crippen molar-refractivity contribution in [3.8, 4) is 11.4 Å². The minimum absolute atomic E-state index is 0.254. The van der Waals surface area contributed by atoms with Gasteiger partial charge in [0.05, 0.1) is 18.2 Å². The van der Waals surface area contributed by atoms with E-state index >= 15 is 0 Å². The van der Waals surface area contributed by atoms with Crippen LogP contribution in [0.25, 0.3) is 11.4 Å². The second-order valence-corrected chi connectivity index (χ2v) is 8.05. The molecule has 2 aromatic rings. The number of aromatic nitrogens is 3. The summed E-state index contributed by atoms with van der Waals surface area (Å²) in [6.45, 7) is 0.548. The molecule has 0 amide bonds. The Morgan fingerprint density at radius 3 is 2.67 bits per heavy atom. The van der Waals surface area contributed by atoms with Crippen molar-refractivity contribution in [3.63, 3.8) is 0 Å². The second-order valence-electron chi connectivity index (χ2n) is 4.02. The second kappa shape index (κ2) is 6.78. The Bertz CT molecular complexity index is 764. The van der Waals surface area contributed by atoms with Gasteiger partial charge in [-0.05, 0) is 34.7 Å². The van der Waals surface area contributed by atoms with Crippen molar-refractivity contribution >= 4 is 53.9 Å². The third-order valence-corrected chi connectivity index (χ3v) is 5.36. The number of hydrogen-bond donors (Lipinski definition) is 0. The lowest BCUT2D eigenvalue weighted by molar-refractivity contribution is 0.185. The van der Waals surface area contributed by atoms with E-state index in [-0.39, 0.29) is 11.7 Å². The molecule has 1 aromatic carbocycles. The highest BCUT2D eigenvalue weighted by atomic mass is 127. The summed E-state index contributed by atoms with van der Waals surface area (Å²) in [6, 6.07) is 5.29.